The highest BCUT2D eigenvalue weighted by atomic mass is 35.5. The molecule has 1 unspecified atom stereocenters. The fraction of sp³-hybridized carbons (Fsp3) is 0.400. The maximum absolute atomic E-state index is 3.21. The molecule has 0 aliphatic carbocycles. The van der Waals surface area contributed by atoms with E-state index in [2.05, 4.69) is 36.5 Å². The summed E-state index contributed by atoms with van der Waals surface area (Å²) in [5.41, 5.74) is 1.40. The molecule has 0 bridgehead atoms. The van der Waals surface area contributed by atoms with Gasteiger partial charge in [-0.15, -0.1) is 0 Å². The Kier molecular flexibility index (Phi) is 5.77. The molecule has 0 aliphatic rings. The second-order valence-corrected chi connectivity index (χ2v) is 2.88. The predicted octanol–water partition coefficient (Wildman–Crippen LogP) is -1.05. The smallest absolute Gasteiger partial charge is 1.00 e. The molecule has 1 N–H and O–H groups in total. The molecule has 0 heterocycles. The van der Waals surface area contributed by atoms with Crippen LogP contribution in [-0.2, 0) is 6.42 Å². The van der Waals surface area contributed by atoms with Crippen molar-refractivity contribution in [2.75, 3.05) is 7.05 Å². The quantitative estimate of drug-likeness (QED) is 0.634. The van der Waals surface area contributed by atoms with Crippen LogP contribution in [0.15, 0.2) is 30.3 Å². The van der Waals surface area contributed by atoms with Crippen LogP contribution in [0.25, 0.3) is 0 Å². The summed E-state index contributed by atoms with van der Waals surface area (Å²) in [5.74, 6) is 0. The molecule has 0 saturated heterocycles. The second-order valence-electron chi connectivity index (χ2n) is 2.88. The van der Waals surface area contributed by atoms with Crippen molar-refractivity contribution in [3.05, 3.63) is 35.9 Å². The van der Waals surface area contributed by atoms with Crippen molar-refractivity contribution >= 4 is 0 Å². The highest BCUT2D eigenvalue weighted by Crippen LogP contribution is 2.01. The van der Waals surface area contributed by atoms with Crippen molar-refractivity contribution in [3.63, 3.8) is 0 Å². The van der Waals surface area contributed by atoms with Crippen LogP contribution in [0.5, 0.6) is 0 Å². The van der Waals surface area contributed by atoms with Gasteiger partial charge >= 0.3 is 1.43 Å². The third-order valence-electron chi connectivity index (χ3n) is 1.88. The van der Waals surface area contributed by atoms with Crippen molar-refractivity contribution in [1.29, 1.82) is 0 Å². The van der Waals surface area contributed by atoms with Crippen molar-refractivity contribution in [2.24, 2.45) is 0 Å². The average molecular weight is 186 g/mol. The zero-order valence-corrected chi connectivity index (χ0v) is 8.31. The Bertz CT molecular complexity index is 203. The Labute approximate surface area is 82.1 Å². The summed E-state index contributed by atoms with van der Waals surface area (Å²) < 4.78 is 0. The first-order valence-corrected chi connectivity index (χ1v) is 4.04. The lowest BCUT2D eigenvalue weighted by Gasteiger charge is -2.08. The van der Waals surface area contributed by atoms with Crippen molar-refractivity contribution in [3.8, 4) is 0 Å². The molecule has 2 heteroatoms. The summed E-state index contributed by atoms with van der Waals surface area (Å²) in [5, 5.41) is 3.21. The van der Waals surface area contributed by atoms with Crippen molar-refractivity contribution in [1.82, 2.24) is 5.32 Å². The molecule has 1 aromatic carbocycles. The summed E-state index contributed by atoms with van der Waals surface area (Å²) in [6.45, 7) is 2.19. The van der Waals surface area contributed by atoms with E-state index in [-0.39, 0.29) is 13.8 Å². The third kappa shape index (κ3) is 3.74. The number of halogens is 1. The van der Waals surface area contributed by atoms with Crippen LogP contribution in [0.1, 0.15) is 13.9 Å². The predicted molar refractivity (Wildman–Crippen MR) is 49.8 cm³/mol. The zero-order chi connectivity index (χ0) is 8.10. The molecular weight excluding hydrogens is 170 g/mol. The monoisotopic (exact) mass is 185 g/mol. The zero-order valence-electron chi connectivity index (χ0n) is 8.55. The number of nitrogens with one attached hydrogen (secondary N) is 1. The first-order valence-electron chi connectivity index (χ1n) is 4.04. The van der Waals surface area contributed by atoms with Gasteiger partial charge in [0.05, 0.1) is 0 Å². The van der Waals surface area contributed by atoms with Gasteiger partial charge in [0.2, 0.25) is 0 Å². The van der Waals surface area contributed by atoms with E-state index >= 15 is 0 Å². The van der Waals surface area contributed by atoms with Crippen LogP contribution >= 0.6 is 0 Å². The lowest BCUT2D eigenvalue weighted by molar-refractivity contribution is -0.00000249. The molecule has 1 atom stereocenters. The van der Waals surface area contributed by atoms with E-state index in [9.17, 15) is 0 Å². The Morgan fingerprint density at radius 3 is 2.42 bits per heavy atom. The highest BCUT2D eigenvalue weighted by molar-refractivity contribution is 5.15. The Balaban J connectivity index is 0. The van der Waals surface area contributed by atoms with E-state index in [1.807, 2.05) is 13.1 Å². The van der Waals surface area contributed by atoms with Crippen LogP contribution < -0.4 is 17.7 Å². The van der Waals surface area contributed by atoms with Gasteiger partial charge < -0.3 is 17.7 Å². The highest BCUT2D eigenvalue weighted by Gasteiger charge is 1.97. The first-order chi connectivity index (χ1) is 5.33. The van der Waals surface area contributed by atoms with Gasteiger partial charge in [-0.3, -0.25) is 0 Å². The van der Waals surface area contributed by atoms with Gasteiger partial charge in [-0.25, -0.2) is 0 Å². The molecule has 0 fully saturated rings. The summed E-state index contributed by atoms with van der Waals surface area (Å²) in [7, 11) is 1.99. The van der Waals surface area contributed by atoms with Crippen LogP contribution in [0.4, 0.5) is 0 Å². The molecule has 0 radical (unpaired) electrons. The Morgan fingerprint density at radius 2 is 1.92 bits per heavy atom. The average Bonchev–Trinajstić information content (AvgIpc) is 2.06. The molecule has 1 nitrogen and oxygen atoms in total. The van der Waals surface area contributed by atoms with Crippen molar-refractivity contribution in [2.45, 2.75) is 19.4 Å². The minimum atomic E-state index is 0. The Hall–Kier alpha value is -0.530. The van der Waals surface area contributed by atoms with Gasteiger partial charge in [0.1, 0.15) is 0 Å². The van der Waals surface area contributed by atoms with E-state index in [1.165, 1.54) is 5.56 Å². The lowest BCUT2D eigenvalue weighted by atomic mass is 10.1. The molecule has 1 rings (SSSR count). The van der Waals surface area contributed by atoms with Gasteiger partial charge in [0, 0.05) is 6.04 Å². The molecule has 0 spiro atoms. The molecule has 0 amide bonds. The topological polar surface area (TPSA) is 12.0 Å². The largest absolute Gasteiger partial charge is 1.00 e. The van der Waals surface area contributed by atoms with E-state index < -0.39 is 0 Å². The van der Waals surface area contributed by atoms with E-state index in [0.29, 0.717) is 6.04 Å². The number of benzene rings is 1. The van der Waals surface area contributed by atoms with Gasteiger partial charge in [0.15, 0.2) is 0 Å². The maximum Gasteiger partial charge on any atom is 1.00 e. The molecule has 0 aliphatic heterocycles. The standard InChI is InChI=1S/C10H15N.ClH/c1-9(11-2)8-10-6-4-3-5-7-10;/h3-7,9,11H,8H2,1-2H3;1H. The van der Waals surface area contributed by atoms with Crippen LogP contribution in [0.2, 0.25) is 0 Å². The number of rotatable bonds is 3. The normalized spacial score (nSPS) is 11.8. The van der Waals surface area contributed by atoms with E-state index in [4.69, 9.17) is 0 Å². The van der Waals surface area contributed by atoms with Crippen LogP contribution in [0, 0.1) is 0 Å². The molecule has 1 aromatic rings. The van der Waals surface area contributed by atoms with Gasteiger partial charge in [-0.05, 0) is 26.0 Å². The minimum Gasteiger partial charge on any atom is -1.00 e. The number of hydrogen-bond acceptors (Lipinski definition) is 1. The van der Waals surface area contributed by atoms with E-state index in [1.54, 1.807) is 0 Å². The van der Waals surface area contributed by atoms with Crippen LogP contribution in [-0.4, -0.2) is 13.1 Å². The van der Waals surface area contributed by atoms with Gasteiger partial charge in [-0.1, -0.05) is 30.3 Å². The molecule has 12 heavy (non-hydrogen) atoms. The molecule has 0 aromatic heterocycles. The third-order valence-corrected chi connectivity index (χ3v) is 1.88. The van der Waals surface area contributed by atoms with Crippen LogP contribution in [0.3, 0.4) is 0 Å². The fourth-order valence-corrected chi connectivity index (χ4v) is 1.07. The first kappa shape index (κ1) is 11.5. The molecular formula is C10H16ClN. The lowest BCUT2D eigenvalue weighted by Crippen LogP contribution is -3.00. The maximum atomic E-state index is 3.21. The van der Waals surface area contributed by atoms with E-state index in [0.717, 1.165) is 6.42 Å². The second kappa shape index (κ2) is 6.04. The SMILES string of the molecule is CNC(C)Cc1ccccc1.[Cl-].[H+]. The van der Waals surface area contributed by atoms with Crippen molar-refractivity contribution < 1.29 is 13.8 Å². The summed E-state index contributed by atoms with van der Waals surface area (Å²) in [6, 6.07) is 11.1. The molecule has 68 valence electrons. The summed E-state index contributed by atoms with van der Waals surface area (Å²) in [6.07, 6.45) is 1.11. The number of hydrogen-bond donors (Lipinski definition) is 1. The summed E-state index contributed by atoms with van der Waals surface area (Å²) >= 11 is 0. The van der Waals surface area contributed by atoms with Gasteiger partial charge in [-0.2, -0.15) is 0 Å². The van der Waals surface area contributed by atoms with Gasteiger partial charge in [0.25, 0.3) is 0 Å². The molecule has 0 saturated carbocycles. The Morgan fingerprint density at radius 1 is 1.33 bits per heavy atom. The summed E-state index contributed by atoms with van der Waals surface area (Å²) in [4.78, 5) is 0. The number of likely N-dealkylation sites (N-methyl/N-ethyl adjacent to an activating group) is 1. The minimum absolute atomic E-state index is 0. The fourth-order valence-electron chi connectivity index (χ4n) is 1.07.